The third kappa shape index (κ3) is 76.3. The smallest absolute Gasteiger partial charge is 0.462 e. The molecule has 0 aromatic heterocycles. The maximum Gasteiger partial charge on any atom is 0.472 e. The van der Waals surface area contributed by atoms with E-state index >= 15 is 0 Å². The van der Waals surface area contributed by atoms with Crippen molar-refractivity contribution in [1.29, 1.82) is 0 Å². The van der Waals surface area contributed by atoms with Crippen LogP contribution in [0.25, 0.3) is 0 Å². The number of phosphoric ester groups is 2. The highest BCUT2D eigenvalue weighted by molar-refractivity contribution is 7.47. The first-order valence-corrected chi connectivity index (χ1v) is 45.8. The molecule has 0 aliphatic rings. The monoisotopic (exact) mass is 1490 g/mol. The van der Waals surface area contributed by atoms with E-state index < -0.39 is 97.5 Å². The molecule has 3 N–H and O–H groups in total. The van der Waals surface area contributed by atoms with Crippen LogP contribution < -0.4 is 0 Å². The molecule has 606 valence electrons. The molecule has 0 heterocycles. The minimum atomic E-state index is -4.96. The quantitative estimate of drug-likeness (QED) is 0.0222. The first kappa shape index (κ1) is 100. The van der Waals surface area contributed by atoms with Crippen LogP contribution in [0, 0.1) is 17.8 Å². The molecule has 0 spiro atoms. The lowest BCUT2D eigenvalue weighted by Crippen LogP contribution is -2.30. The second kappa shape index (κ2) is 73.2. The molecule has 102 heavy (non-hydrogen) atoms. The summed E-state index contributed by atoms with van der Waals surface area (Å²) < 4.78 is 68.8. The number of hydrogen-bond acceptors (Lipinski definition) is 15. The van der Waals surface area contributed by atoms with E-state index in [2.05, 4.69) is 48.5 Å². The van der Waals surface area contributed by atoms with Gasteiger partial charge in [-0.1, -0.05) is 382 Å². The van der Waals surface area contributed by atoms with Crippen LogP contribution >= 0.6 is 15.6 Å². The van der Waals surface area contributed by atoms with Gasteiger partial charge in [0.15, 0.2) is 12.2 Å². The van der Waals surface area contributed by atoms with Crippen LogP contribution in [0.4, 0.5) is 0 Å². The minimum Gasteiger partial charge on any atom is -0.462 e. The second-order valence-electron chi connectivity index (χ2n) is 31.3. The number of rotatable bonds is 81. The van der Waals surface area contributed by atoms with Crippen LogP contribution in [-0.4, -0.2) is 96.7 Å². The Morgan fingerprint density at radius 1 is 0.265 bits per heavy atom. The molecule has 0 aliphatic heterocycles. The highest BCUT2D eigenvalue weighted by Crippen LogP contribution is 2.45. The van der Waals surface area contributed by atoms with Crippen molar-refractivity contribution in [2.75, 3.05) is 39.6 Å². The van der Waals surface area contributed by atoms with Crippen molar-refractivity contribution in [2.45, 2.75) is 452 Å². The summed E-state index contributed by atoms with van der Waals surface area (Å²) >= 11 is 0. The molecule has 19 heteroatoms. The topological polar surface area (TPSA) is 237 Å². The van der Waals surface area contributed by atoms with E-state index in [1.54, 1.807) is 0 Å². The summed E-state index contributed by atoms with van der Waals surface area (Å²) in [7, 11) is -9.92. The SMILES string of the molecule is CCCCCCCCCCCCCCCCCCCCCCCC(=O)O[C@H](COC(=O)CCCCCCCCCCCCCCCCC(C)C)COP(=O)(O)OC[C@@H](O)COP(=O)(O)OC[C@@H](COC(=O)CCCCCCCCCCC(C)C)OC(=O)CCCCCCCCCCCCC(C)C. The Balaban J connectivity index is 5.23. The summed E-state index contributed by atoms with van der Waals surface area (Å²) in [5, 5.41) is 10.7. The predicted molar refractivity (Wildman–Crippen MR) is 418 cm³/mol. The Labute approximate surface area is 626 Å². The summed E-state index contributed by atoms with van der Waals surface area (Å²) in [5.74, 6) is 0.167. The molecule has 0 aliphatic carbocycles. The molecule has 2 unspecified atom stereocenters. The van der Waals surface area contributed by atoms with Gasteiger partial charge in [0.25, 0.3) is 0 Å². The van der Waals surface area contributed by atoms with E-state index in [-0.39, 0.29) is 25.7 Å². The van der Waals surface area contributed by atoms with E-state index in [9.17, 15) is 43.2 Å². The predicted octanol–water partition coefficient (Wildman–Crippen LogP) is 24.9. The van der Waals surface area contributed by atoms with Crippen molar-refractivity contribution >= 4 is 39.5 Å². The number of carbonyl (C=O) groups excluding carboxylic acids is 4. The lowest BCUT2D eigenvalue weighted by Gasteiger charge is -2.21. The third-order valence-electron chi connectivity index (χ3n) is 19.4. The van der Waals surface area contributed by atoms with Crippen LogP contribution in [0.2, 0.25) is 0 Å². The minimum absolute atomic E-state index is 0.105. The van der Waals surface area contributed by atoms with E-state index in [0.717, 1.165) is 108 Å². The van der Waals surface area contributed by atoms with Gasteiger partial charge >= 0.3 is 39.5 Å². The van der Waals surface area contributed by atoms with Gasteiger partial charge in [-0.3, -0.25) is 37.3 Å². The highest BCUT2D eigenvalue weighted by Gasteiger charge is 2.30. The molecule has 0 radical (unpaired) electrons. The van der Waals surface area contributed by atoms with Crippen LogP contribution in [0.1, 0.15) is 434 Å². The molecule has 0 rings (SSSR count). The fourth-order valence-corrected chi connectivity index (χ4v) is 14.4. The molecule has 0 amide bonds. The summed E-state index contributed by atoms with van der Waals surface area (Å²) in [6.07, 6.45) is 62.6. The van der Waals surface area contributed by atoms with Gasteiger partial charge in [-0.15, -0.1) is 0 Å². The molecule has 0 aromatic rings. The van der Waals surface area contributed by atoms with Gasteiger partial charge in [-0.25, -0.2) is 9.13 Å². The number of esters is 4. The zero-order chi connectivity index (χ0) is 75.1. The van der Waals surface area contributed by atoms with Crippen LogP contribution in [0.5, 0.6) is 0 Å². The van der Waals surface area contributed by atoms with Crippen LogP contribution in [-0.2, 0) is 65.4 Å². The Bertz CT molecular complexity index is 1970. The van der Waals surface area contributed by atoms with Crippen molar-refractivity contribution in [3.8, 4) is 0 Å². The number of aliphatic hydroxyl groups excluding tert-OH is 1. The van der Waals surface area contributed by atoms with Gasteiger partial charge in [0.1, 0.15) is 19.3 Å². The van der Waals surface area contributed by atoms with Gasteiger partial charge in [0, 0.05) is 25.7 Å². The van der Waals surface area contributed by atoms with E-state index in [1.165, 1.54) is 244 Å². The van der Waals surface area contributed by atoms with Gasteiger partial charge < -0.3 is 33.8 Å². The lowest BCUT2D eigenvalue weighted by atomic mass is 10.0. The van der Waals surface area contributed by atoms with Gasteiger partial charge in [-0.05, 0) is 43.4 Å². The highest BCUT2D eigenvalue weighted by atomic mass is 31.2. The lowest BCUT2D eigenvalue weighted by molar-refractivity contribution is -0.161. The number of phosphoric acid groups is 2. The summed E-state index contributed by atoms with van der Waals surface area (Å²) in [6.45, 7) is 11.9. The fourth-order valence-electron chi connectivity index (χ4n) is 12.8. The van der Waals surface area contributed by atoms with Gasteiger partial charge in [0.05, 0.1) is 26.4 Å². The number of hydrogen-bond donors (Lipinski definition) is 3. The average Bonchev–Trinajstić information content (AvgIpc) is 0.910. The molecule has 5 atom stereocenters. The van der Waals surface area contributed by atoms with Crippen molar-refractivity contribution in [2.24, 2.45) is 17.8 Å². The number of unbranched alkanes of at least 4 members (excludes halogenated alkanes) is 49. The molecule has 0 saturated carbocycles. The number of carbonyl (C=O) groups is 4. The Kier molecular flexibility index (Phi) is 71.8. The van der Waals surface area contributed by atoms with Crippen molar-refractivity contribution in [3.05, 3.63) is 0 Å². The van der Waals surface area contributed by atoms with E-state index in [4.69, 9.17) is 37.0 Å². The van der Waals surface area contributed by atoms with Crippen molar-refractivity contribution in [3.63, 3.8) is 0 Å². The Hall–Kier alpha value is -1.94. The Morgan fingerprint density at radius 2 is 0.451 bits per heavy atom. The number of aliphatic hydroxyl groups is 1. The molecule has 17 nitrogen and oxygen atoms in total. The summed E-state index contributed by atoms with van der Waals surface area (Å²) in [6, 6.07) is 0. The second-order valence-corrected chi connectivity index (χ2v) is 34.2. The molecular weight excluding hydrogens is 1330 g/mol. The number of ether oxygens (including phenoxy) is 4. The normalized spacial score (nSPS) is 13.9. The maximum absolute atomic E-state index is 13.1. The standard InChI is InChI=1S/C83H162O17P2/c1-8-9-10-11-12-13-14-15-16-17-18-19-20-21-22-27-30-36-45-52-59-66-82(87)99-78(70-93-80(85)64-57-50-43-35-29-26-24-23-25-28-33-40-47-54-61-74(2)3)72-97-101(89,90)95-68-77(84)69-96-102(91,92)98-73-79(71-94-81(86)65-58-51-44-39-38-42-49-56-63-76(6)7)100-83(88)67-60-53-46-37-32-31-34-41-48-55-62-75(4)5/h74-79,84H,8-73H2,1-7H3,(H,89,90)(H,91,92)/t77-,78-,79-/m1/s1. The third-order valence-corrected chi connectivity index (χ3v) is 21.3. The van der Waals surface area contributed by atoms with Gasteiger partial charge in [0.2, 0.25) is 0 Å². The molecular formula is C83H162O17P2. The van der Waals surface area contributed by atoms with Crippen LogP contribution in [0.3, 0.4) is 0 Å². The van der Waals surface area contributed by atoms with Gasteiger partial charge in [-0.2, -0.15) is 0 Å². The van der Waals surface area contributed by atoms with Crippen molar-refractivity contribution < 1.29 is 80.2 Å². The van der Waals surface area contributed by atoms with E-state index in [1.807, 2.05) is 0 Å². The molecule has 0 fully saturated rings. The molecule has 0 aromatic carbocycles. The van der Waals surface area contributed by atoms with E-state index in [0.29, 0.717) is 25.7 Å². The van der Waals surface area contributed by atoms with Crippen molar-refractivity contribution in [1.82, 2.24) is 0 Å². The maximum atomic E-state index is 13.1. The molecule has 0 bridgehead atoms. The fraction of sp³-hybridized carbons (Fsp3) is 0.952. The average molecular weight is 1490 g/mol. The Morgan fingerprint density at radius 3 is 0.667 bits per heavy atom. The summed E-state index contributed by atoms with van der Waals surface area (Å²) in [5.41, 5.74) is 0. The molecule has 0 saturated heterocycles. The largest absolute Gasteiger partial charge is 0.472 e. The summed E-state index contributed by atoms with van der Waals surface area (Å²) in [4.78, 5) is 73.1. The first-order chi connectivity index (χ1) is 49.2. The first-order valence-electron chi connectivity index (χ1n) is 42.8. The zero-order valence-corrected chi connectivity index (χ0v) is 68.9. The van der Waals surface area contributed by atoms with Crippen LogP contribution in [0.15, 0.2) is 0 Å². The zero-order valence-electron chi connectivity index (χ0n) is 67.1.